The van der Waals surface area contributed by atoms with E-state index < -0.39 is 0 Å². The number of rotatable bonds is 2. The van der Waals surface area contributed by atoms with Gasteiger partial charge in [0, 0.05) is 12.0 Å². The maximum atomic E-state index is 5.90. The van der Waals surface area contributed by atoms with Crippen LogP contribution in [0.3, 0.4) is 0 Å². The van der Waals surface area contributed by atoms with Gasteiger partial charge in [-0.25, -0.2) is 0 Å². The molecule has 3 heteroatoms. The number of para-hydroxylation sites is 1. The number of hydrogen-bond donors (Lipinski definition) is 0. The Hall–Kier alpha value is -2.42. The summed E-state index contributed by atoms with van der Waals surface area (Å²) < 4.78 is 7.74. The van der Waals surface area contributed by atoms with Gasteiger partial charge in [0.2, 0.25) is 5.69 Å². The smallest absolute Gasteiger partial charge is 0.292 e. The first-order chi connectivity index (χ1) is 9.25. The standard InChI is InChI=1S/C16H15N2O/c1-12-14-10-6-7-11-15(14)16(17-18(12)2)19-13-8-4-3-5-9-13/h3-11H,1-2H3/q+1. The summed E-state index contributed by atoms with van der Waals surface area (Å²) in [4.78, 5) is 0. The minimum Gasteiger partial charge on any atom is -0.434 e. The Kier molecular flexibility index (Phi) is 2.88. The van der Waals surface area contributed by atoms with E-state index in [0.717, 1.165) is 22.2 Å². The normalized spacial score (nSPS) is 10.6. The third kappa shape index (κ3) is 2.15. The van der Waals surface area contributed by atoms with Crippen molar-refractivity contribution in [2.45, 2.75) is 6.92 Å². The van der Waals surface area contributed by atoms with E-state index in [0.29, 0.717) is 5.88 Å². The van der Waals surface area contributed by atoms with E-state index in [1.807, 2.05) is 60.3 Å². The Morgan fingerprint density at radius 1 is 0.895 bits per heavy atom. The minimum absolute atomic E-state index is 0.634. The van der Waals surface area contributed by atoms with Crippen LogP contribution in [0.2, 0.25) is 0 Å². The number of nitrogens with zero attached hydrogens (tertiary/aromatic N) is 2. The number of ether oxygens (including phenoxy) is 1. The number of fused-ring (bicyclic) bond motifs is 1. The molecule has 1 aromatic heterocycles. The molecule has 1 heterocycles. The van der Waals surface area contributed by atoms with Crippen LogP contribution in [0.4, 0.5) is 0 Å². The zero-order chi connectivity index (χ0) is 13.2. The number of aromatic nitrogens is 2. The van der Waals surface area contributed by atoms with Gasteiger partial charge in [0.1, 0.15) is 5.75 Å². The molecule has 0 fully saturated rings. The molecule has 0 bridgehead atoms. The lowest BCUT2D eigenvalue weighted by Crippen LogP contribution is -2.36. The molecule has 0 atom stereocenters. The predicted octanol–water partition coefficient (Wildman–Crippen LogP) is 3.16. The lowest BCUT2D eigenvalue weighted by molar-refractivity contribution is -0.735. The second kappa shape index (κ2) is 4.69. The molecule has 2 aromatic carbocycles. The molecule has 0 unspecified atom stereocenters. The maximum absolute atomic E-state index is 5.90. The summed E-state index contributed by atoms with van der Waals surface area (Å²) >= 11 is 0. The van der Waals surface area contributed by atoms with Crippen molar-refractivity contribution in [1.82, 2.24) is 5.10 Å². The van der Waals surface area contributed by atoms with Crippen LogP contribution in [-0.2, 0) is 7.05 Å². The molecule has 0 aliphatic carbocycles. The first kappa shape index (κ1) is 11.7. The van der Waals surface area contributed by atoms with Crippen LogP contribution in [0.1, 0.15) is 5.69 Å². The van der Waals surface area contributed by atoms with Crippen LogP contribution >= 0.6 is 0 Å². The quantitative estimate of drug-likeness (QED) is 0.654. The lowest BCUT2D eigenvalue weighted by atomic mass is 10.1. The van der Waals surface area contributed by atoms with Crippen molar-refractivity contribution in [2.24, 2.45) is 7.05 Å². The van der Waals surface area contributed by atoms with Crippen LogP contribution < -0.4 is 9.42 Å². The molecule has 0 spiro atoms. The highest BCUT2D eigenvalue weighted by atomic mass is 16.5. The van der Waals surface area contributed by atoms with Gasteiger partial charge in [-0.3, -0.25) is 0 Å². The monoisotopic (exact) mass is 251 g/mol. The van der Waals surface area contributed by atoms with E-state index in [9.17, 15) is 0 Å². The Bertz CT molecular complexity index is 723. The van der Waals surface area contributed by atoms with Crippen molar-refractivity contribution in [3.05, 3.63) is 60.3 Å². The Labute approximate surface area is 112 Å². The van der Waals surface area contributed by atoms with E-state index in [1.54, 1.807) is 0 Å². The van der Waals surface area contributed by atoms with Gasteiger partial charge < -0.3 is 4.74 Å². The van der Waals surface area contributed by atoms with Gasteiger partial charge in [0.05, 0.1) is 10.8 Å². The molecule has 0 saturated carbocycles. The summed E-state index contributed by atoms with van der Waals surface area (Å²) in [5.41, 5.74) is 1.12. The van der Waals surface area contributed by atoms with Gasteiger partial charge in [0.15, 0.2) is 7.05 Å². The Balaban J connectivity index is 2.16. The number of hydrogen-bond acceptors (Lipinski definition) is 2. The summed E-state index contributed by atoms with van der Waals surface area (Å²) in [5, 5.41) is 6.68. The summed E-state index contributed by atoms with van der Waals surface area (Å²) in [6.07, 6.45) is 0. The van der Waals surface area contributed by atoms with E-state index >= 15 is 0 Å². The summed E-state index contributed by atoms with van der Waals surface area (Å²) in [6.45, 7) is 2.06. The van der Waals surface area contributed by atoms with Crippen LogP contribution in [0.25, 0.3) is 10.8 Å². The fraction of sp³-hybridized carbons (Fsp3) is 0.125. The summed E-state index contributed by atoms with van der Waals surface area (Å²) in [7, 11) is 1.93. The second-order valence-electron chi connectivity index (χ2n) is 4.47. The Morgan fingerprint density at radius 2 is 1.53 bits per heavy atom. The third-order valence-electron chi connectivity index (χ3n) is 3.23. The molecular weight excluding hydrogens is 236 g/mol. The number of aryl methyl sites for hydroxylation is 2. The highest BCUT2D eigenvalue weighted by Gasteiger charge is 2.15. The van der Waals surface area contributed by atoms with Crippen LogP contribution in [0.15, 0.2) is 54.6 Å². The fourth-order valence-corrected chi connectivity index (χ4v) is 2.10. The molecule has 19 heavy (non-hydrogen) atoms. The van der Waals surface area contributed by atoms with Gasteiger partial charge in [-0.05, 0) is 24.3 Å². The van der Waals surface area contributed by atoms with Crippen LogP contribution in [-0.4, -0.2) is 5.10 Å². The van der Waals surface area contributed by atoms with Crippen molar-refractivity contribution in [1.29, 1.82) is 0 Å². The highest BCUT2D eigenvalue weighted by Crippen LogP contribution is 2.27. The summed E-state index contributed by atoms with van der Waals surface area (Å²) in [6, 6.07) is 17.9. The SMILES string of the molecule is Cc1c2ccccc2c(Oc2ccccc2)n[n+]1C. The van der Waals surface area contributed by atoms with Crippen LogP contribution in [0, 0.1) is 6.92 Å². The van der Waals surface area contributed by atoms with Gasteiger partial charge in [-0.2, -0.15) is 0 Å². The van der Waals surface area contributed by atoms with E-state index in [2.05, 4.69) is 18.1 Å². The average molecular weight is 251 g/mol. The molecule has 0 radical (unpaired) electrons. The molecule has 3 rings (SSSR count). The molecule has 0 saturated heterocycles. The number of benzene rings is 2. The van der Waals surface area contributed by atoms with Crippen molar-refractivity contribution in [2.75, 3.05) is 0 Å². The third-order valence-corrected chi connectivity index (χ3v) is 3.23. The van der Waals surface area contributed by atoms with Gasteiger partial charge >= 0.3 is 0 Å². The average Bonchev–Trinajstić information content (AvgIpc) is 2.46. The molecular formula is C16H15N2O+. The van der Waals surface area contributed by atoms with Crippen molar-refractivity contribution in [3.63, 3.8) is 0 Å². The summed E-state index contributed by atoms with van der Waals surface area (Å²) in [5.74, 6) is 1.43. The maximum Gasteiger partial charge on any atom is 0.292 e. The second-order valence-corrected chi connectivity index (χ2v) is 4.47. The van der Waals surface area contributed by atoms with E-state index in [-0.39, 0.29) is 0 Å². The lowest BCUT2D eigenvalue weighted by Gasteiger charge is -2.07. The van der Waals surface area contributed by atoms with Gasteiger partial charge in [-0.1, -0.05) is 35.0 Å². The largest absolute Gasteiger partial charge is 0.434 e. The molecule has 0 N–H and O–H groups in total. The van der Waals surface area contributed by atoms with Gasteiger partial charge in [0.25, 0.3) is 5.88 Å². The predicted molar refractivity (Wildman–Crippen MR) is 74.2 cm³/mol. The molecule has 94 valence electrons. The van der Waals surface area contributed by atoms with Gasteiger partial charge in [-0.15, -0.1) is 0 Å². The first-order valence-electron chi connectivity index (χ1n) is 6.24. The Morgan fingerprint density at radius 3 is 2.26 bits per heavy atom. The minimum atomic E-state index is 0.634. The molecule has 3 aromatic rings. The zero-order valence-electron chi connectivity index (χ0n) is 11.0. The highest BCUT2D eigenvalue weighted by molar-refractivity contribution is 5.87. The van der Waals surface area contributed by atoms with Crippen molar-refractivity contribution in [3.8, 4) is 11.6 Å². The van der Waals surface area contributed by atoms with E-state index in [1.165, 1.54) is 0 Å². The van der Waals surface area contributed by atoms with Crippen molar-refractivity contribution < 1.29 is 9.42 Å². The van der Waals surface area contributed by atoms with Crippen molar-refractivity contribution >= 4 is 10.8 Å². The molecule has 3 nitrogen and oxygen atoms in total. The fourth-order valence-electron chi connectivity index (χ4n) is 2.10. The van der Waals surface area contributed by atoms with E-state index in [4.69, 9.17) is 4.74 Å². The molecule has 0 aliphatic rings. The molecule has 0 amide bonds. The molecule has 0 aliphatic heterocycles. The topological polar surface area (TPSA) is 26.0 Å². The zero-order valence-corrected chi connectivity index (χ0v) is 11.0. The first-order valence-corrected chi connectivity index (χ1v) is 6.24. The van der Waals surface area contributed by atoms with Crippen LogP contribution in [0.5, 0.6) is 11.6 Å².